The summed E-state index contributed by atoms with van der Waals surface area (Å²) in [7, 11) is 0. The van der Waals surface area contributed by atoms with Crippen LogP contribution in [0, 0.1) is 0 Å². The third-order valence-corrected chi connectivity index (χ3v) is 3.73. The highest BCUT2D eigenvalue weighted by atomic mass is 16.6. The van der Waals surface area contributed by atoms with Crippen LogP contribution in [0.1, 0.15) is 47.1 Å². The van der Waals surface area contributed by atoms with Gasteiger partial charge in [0.05, 0.1) is 25.2 Å². The van der Waals surface area contributed by atoms with Gasteiger partial charge in [-0.2, -0.15) is 0 Å². The summed E-state index contributed by atoms with van der Waals surface area (Å²) in [5, 5.41) is 10.1. The fourth-order valence-electron chi connectivity index (χ4n) is 2.58. The highest BCUT2D eigenvalue weighted by Gasteiger charge is 2.34. The molecule has 1 rings (SSSR count). The fraction of sp³-hybridized carbons (Fsp3) is 0.636. The number of rotatable bonds is 10. The van der Waals surface area contributed by atoms with Gasteiger partial charge < -0.3 is 24.1 Å². The Hall–Kier alpha value is -1.96. The van der Waals surface area contributed by atoms with E-state index in [1.807, 2.05) is 30.3 Å². The summed E-state index contributed by atoms with van der Waals surface area (Å²) in [4.78, 5) is 23.8. The number of benzene rings is 1. The molecule has 29 heavy (non-hydrogen) atoms. The number of hydrogen-bond donors (Lipinski definition) is 1. The Morgan fingerprint density at radius 1 is 0.793 bits per heavy atom. The molecule has 7 nitrogen and oxygen atoms in total. The molecular weight excluding hydrogens is 376 g/mol. The van der Waals surface area contributed by atoms with Gasteiger partial charge in [-0.3, -0.25) is 0 Å². The van der Waals surface area contributed by atoms with Crippen LogP contribution in [-0.4, -0.2) is 61.3 Å². The van der Waals surface area contributed by atoms with Gasteiger partial charge in [-0.15, -0.1) is 0 Å². The average molecular weight is 411 g/mol. The first-order chi connectivity index (χ1) is 13.4. The summed E-state index contributed by atoms with van der Waals surface area (Å²) in [6.45, 7) is 9.88. The van der Waals surface area contributed by atoms with E-state index in [2.05, 4.69) is 0 Å². The van der Waals surface area contributed by atoms with Gasteiger partial charge in [0.2, 0.25) is 0 Å². The van der Waals surface area contributed by atoms with Crippen molar-refractivity contribution < 1.29 is 33.6 Å². The van der Waals surface area contributed by atoms with Gasteiger partial charge in [-0.05, 0) is 47.1 Å². The van der Waals surface area contributed by atoms with Crippen LogP contribution in [0.25, 0.3) is 0 Å². The summed E-state index contributed by atoms with van der Waals surface area (Å²) in [6, 6.07) is 9.20. The smallest absolute Gasteiger partial charge is 0.332 e. The van der Waals surface area contributed by atoms with Crippen LogP contribution in [-0.2, 0) is 34.0 Å². The number of esters is 2. The van der Waals surface area contributed by atoms with E-state index in [1.54, 1.807) is 41.5 Å². The standard InChI is InChI=1S/C22H34O7/c1-20(2,3)28-18(24)12-26-15-22(14-23,17-10-8-7-9-11-17)16-27-13-19(25)29-21(4,5)6/h7-11,23H,12-16H2,1-6H3. The maximum absolute atomic E-state index is 11.9. The van der Waals surface area contributed by atoms with Gasteiger partial charge in [-0.1, -0.05) is 30.3 Å². The van der Waals surface area contributed by atoms with E-state index >= 15 is 0 Å². The number of ether oxygens (including phenoxy) is 4. The molecule has 0 unspecified atom stereocenters. The van der Waals surface area contributed by atoms with Crippen LogP contribution in [0.5, 0.6) is 0 Å². The lowest BCUT2D eigenvalue weighted by Gasteiger charge is -2.32. The topological polar surface area (TPSA) is 91.3 Å². The Morgan fingerprint density at radius 3 is 1.55 bits per heavy atom. The Balaban J connectivity index is 2.77. The Labute approximate surface area is 173 Å². The number of aliphatic hydroxyl groups is 1. The van der Waals surface area contributed by atoms with Crippen LogP contribution in [0.4, 0.5) is 0 Å². The van der Waals surface area contributed by atoms with Crippen molar-refractivity contribution in [3.8, 4) is 0 Å². The normalized spacial score (nSPS) is 12.5. The summed E-state index contributed by atoms with van der Waals surface area (Å²) < 4.78 is 21.6. The van der Waals surface area contributed by atoms with Crippen molar-refractivity contribution in [3.63, 3.8) is 0 Å². The van der Waals surface area contributed by atoms with E-state index in [4.69, 9.17) is 18.9 Å². The van der Waals surface area contributed by atoms with Crippen molar-refractivity contribution in [1.29, 1.82) is 0 Å². The highest BCUT2D eigenvalue weighted by Crippen LogP contribution is 2.25. The van der Waals surface area contributed by atoms with E-state index in [0.717, 1.165) is 5.56 Å². The molecule has 0 aromatic heterocycles. The summed E-state index contributed by atoms with van der Waals surface area (Å²) >= 11 is 0. The molecule has 0 amide bonds. The van der Waals surface area contributed by atoms with E-state index in [0.29, 0.717) is 0 Å². The highest BCUT2D eigenvalue weighted by molar-refractivity contribution is 5.71. The van der Waals surface area contributed by atoms with Gasteiger partial charge in [0.25, 0.3) is 0 Å². The van der Waals surface area contributed by atoms with Crippen molar-refractivity contribution in [2.24, 2.45) is 0 Å². The van der Waals surface area contributed by atoms with Crippen molar-refractivity contribution in [2.75, 3.05) is 33.0 Å². The molecule has 1 N–H and O–H groups in total. The maximum atomic E-state index is 11.9. The van der Waals surface area contributed by atoms with Gasteiger partial charge in [-0.25, -0.2) is 9.59 Å². The van der Waals surface area contributed by atoms with Gasteiger partial charge in [0.1, 0.15) is 24.4 Å². The zero-order valence-electron chi connectivity index (χ0n) is 18.3. The molecule has 0 atom stereocenters. The van der Waals surface area contributed by atoms with E-state index in [-0.39, 0.29) is 33.0 Å². The molecule has 1 aromatic carbocycles. The van der Waals surface area contributed by atoms with Crippen LogP contribution >= 0.6 is 0 Å². The average Bonchev–Trinajstić information content (AvgIpc) is 2.58. The molecule has 0 saturated carbocycles. The molecule has 0 bridgehead atoms. The molecular formula is C22H34O7. The summed E-state index contributed by atoms with van der Waals surface area (Å²) in [6.07, 6.45) is 0. The lowest BCUT2D eigenvalue weighted by Crippen LogP contribution is -2.42. The zero-order chi connectivity index (χ0) is 22.1. The molecule has 7 heteroatoms. The van der Waals surface area contributed by atoms with Crippen LogP contribution < -0.4 is 0 Å². The number of aliphatic hydroxyl groups excluding tert-OH is 1. The lowest BCUT2D eigenvalue weighted by atomic mass is 9.82. The molecule has 0 radical (unpaired) electrons. The number of carbonyl (C=O) groups is 2. The SMILES string of the molecule is CC(C)(C)OC(=O)COCC(CO)(COCC(=O)OC(C)(C)C)c1ccccc1. The molecule has 1 aromatic rings. The molecule has 0 heterocycles. The Kier molecular flexibility index (Phi) is 9.26. The fourth-order valence-corrected chi connectivity index (χ4v) is 2.58. The summed E-state index contributed by atoms with van der Waals surface area (Å²) in [5.74, 6) is -0.987. The minimum absolute atomic E-state index is 0.0150. The molecule has 0 aliphatic rings. The van der Waals surface area contributed by atoms with Gasteiger partial charge >= 0.3 is 11.9 Å². The van der Waals surface area contributed by atoms with E-state index < -0.39 is 28.6 Å². The first-order valence-corrected chi connectivity index (χ1v) is 9.62. The van der Waals surface area contributed by atoms with Crippen molar-refractivity contribution in [1.82, 2.24) is 0 Å². The largest absolute Gasteiger partial charge is 0.458 e. The molecule has 0 spiro atoms. The predicted molar refractivity (Wildman–Crippen MR) is 109 cm³/mol. The molecule has 0 aliphatic carbocycles. The van der Waals surface area contributed by atoms with Crippen molar-refractivity contribution in [3.05, 3.63) is 35.9 Å². The minimum atomic E-state index is -0.939. The zero-order valence-corrected chi connectivity index (χ0v) is 18.3. The number of carbonyl (C=O) groups excluding carboxylic acids is 2. The van der Waals surface area contributed by atoms with Gasteiger partial charge in [0.15, 0.2) is 0 Å². The van der Waals surface area contributed by atoms with Crippen LogP contribution in [0.3, 0.4) is 0 Å². The molecule has 0 aliphatic heterocycles. The third-order valence-electron chi connectivity index (χ3n) is 3.73. The predicted octanol–water partition coefficient (Wildman–Crippen LogP) is 2.63. The summed E-state index contributed by atoms with van der Waals surface area (Å²) in [5.41, 5.74) is -1.38. The maximum Gasteiger partial charge on any atom is 0.332 e. The van der Waals surface area contributed by atoms with Crippen LogP contribution in [0.2, 0.25) is 0 Å². The quantitative estimate of drug-likeness (QED) is 0.593. The van der Waals surface area contributed by atoms with E-state index in [1.165, 1.54) is 0 Å². The van der Waals surface area contributed by atoms with Crippen LogP contribution in [0.15, 0.2) is 30.3 Å². The molecule has 0 saturated heterocycles. The van der Waals surface area contributed by atoms with Crippen molar-refractivity contribution >= 4 is 11.9 Å². The second-order valence-corrected chi connectivity index (χ2v) is 8.96. The van der Waals surface area contributed by atoms with Crippen molar-refractivity contribution in [2.45, 2.75) is 58.2 Å². The second-order valence-electron chi connectivity index (χ2n) is 8.96. The lowest BCUT2D eigenvalue weighted by molar-refractivity contribution is -0.162. The number of hydrogen-bond acceptors (Lipinski definition) is 7. The monoisotopic (exact) mass is 410 g/mol. The Morgan fingerprint density at radius 2 is 1.21 bits per heavy atom. The minimum Gasteiger partial charge on any atom is -0.458 e. The third kappa shape index (κ3) is 9.87. The van der Waals surface area contributed by atoms with E-state index in [9.17, 15) is 14.7 Å². The molecule has 0 fully saturated rings. The second kappa shape index (κ2) is 10.7. The Bertz CT molecular complexity index is 607. The van der Waals surface area contributed by atoms with Gasteiger partial charge in [0, 0.05) is 0 Å². The first kappa shape index (κ1) is 25.1. The molecule has 164 valence electrons. The first-order valence-electron chi connectivity index (χ1n) is 9.62.